The molecule has 4 rings (SSSR count). The van der Waals surface area contributed by atoms with E-state index in [0.717, 1.165) is 6.42 Å². The van der Waals surface area contributed by atoms with Gasteiger partial charge in [0.1, 0.15) is 28.9 Å². The van der Waals surface area contributed by atoms with Crippen molar-refractivity contribution in [2.45, 2.75) is 72.4 Å². The smallest absolute Gasteiger partial charge is 0.342 e. The van der Waals surface area contributed by atoms with Gasteiger partial charge in [-0.15, -0.1) is 0 Å². The molecule has 1 aromatic carbocycles. The summed E-state index contributed by atoms with van der Waals surface area (Å²) >= 11 is 0. The van der Waals surface area contributed by atoms with E-state index in [1.807, 2.05) is 19.9 Å². The van der Waals surface area contributed by atoms with E-state index in [2.05, 4.69) is 30.9 Å². The van der Waals surface area contributed by atoms with Gasteiger partial charge in [0, 0.05) is 23.4 Å². The molecule has 0 bridgehead atoms. The number of aromatic nitrogens is 3. The summed E-state index contributed by atoms with van der Waals surface area (Å²) in [4.78, 5) is 77.5. The van der Waals surface area contributed by atoms with Gasteiger partial charge in [0.15, 0.2) is 12.4 Å². The highest BCUT2D eigenvalue weighted by atomic mass is 16.5. The molecule has 2 unspecified atom stereocenters. The molecule has 0 radical (unpaired) electrons. The first-order valence-corrected chi connectivity index (χ1v) is 15.4. The summed E-state index contributed by atoms with van der Waals surface area (Å²) in [5.41, 5.74) is 1.95. The first-order chi connectivity index (χ1) is 21.9. The second kappa shape index (κ2) is 15.0. The highest BCUT2D eigenvalue weighted by Gasteiger charge is 2.33. The van der Waals surface area contributed by atoms with Crippen LogP contribution in [-0.4, -0.2) is 76.8 Å². The van der Waals surface area contributed by atoms with Crippen LogP contribution in [0.3, 0.4) is 0 Å². The number of piperidine rings is 1. The van der Waals surface area contributed by atoms with E-state index >= 15 is 0 Å². The Kier molecular flexibility index (Phi) is 11.1. The number of fused-ring (bicyclic) bond motifs is 1. The molecule has 3 amide bonds. The van der Waals surface area contributed by atoms with Gasteiger partial charge in [-0.1, -0.05) is 19.9 Å². The van der Waals surface area contributed by atoms with Gasteiger partial charge < -0.3 is 30.4 Å². The molecule has 246 valence electrons. The van der Waals surface area contributed by atoms with Gasteiger partial charge in [-0.2, -0.15) is 0 Å². The number of methoxy groups -OCH3 is 1. The fourth-order valence-corrected chi connectivity index (χ4v) is 5.74. The maximum absolute atomic E-state index is 13.7. The maximum atomic E-state index is 13.7. The Hall–Kier alpha value is -4.81. The molecule has 13 heteroatoms. The number of hydrogen-bond donors (Lipinski definition) is 4. The van der Waals surface area contributed by atoms with Crippen molar-refractivity contribution in [2.24, 2.45) is 11.8 Å². The maximum Gasteiger partial charge on any atom is 0.342 e. The molecule has 4 N–H and O–H groups in total. The topological polar surface area (TPSA) is 181 Å². The van der Waals surface area contributed by atoms with Crippen molar-refractivity contribution >= 4 is 40.4 Å². The van der Waals surface area contributed by atoms with Gasteiger partial charge in [-0.05, 0) is 70.6 Å². The SMILES string of the molecule is COc1cccc2[nH]c(C(=O)N[C@@H](CC(C)C)C(=O)NC(CC3CCCNC3=O)C(=O)COC(=O)c3c(C)nc(C)nc3C)cc12. The van der Waals surface area contributed by atoms with Crippen LogP contribution in [0.15, 0.2) is 24.3 Å². The average Bonchev–Trinajstić information content (AvgIpc) is 3.44. The van der Waals surface area contributed by atoms with Crippen molar-refractivity contribution in [3.8, 4) is 5.75 Å². The van der Waals surface area contributed by atoms with E-state index in [0.29, 0.717) is 46.8 Å². The number of benzene rings is 1. The molecule has 1 aliphatic rings. The van der Waals surface area contributed by atoms with Gasteiger partial charge >= 0.3 is 5.97 Å². The van der Waals surface area contributed by atoms with E-state index in [-0.39, 0.29) is 35.9 Å². The number of amides is 3. The third kappa shape index (κ3) is 8.26. The molecule has 3 aromatic rings. The quantitative estimate of drug-likeness (QED) is 0.206. The summed E-state index contributed by atoms with van der Waals surface area (Å²) in [5.74, 6) is -2.05. The number of carbonyl (C=O) groups is 5. The minimum absolute atomic E-state index is 0.0151. The normalized spacial score (nSPS) is 16.0. The highest BCUT2D eigenvalue weighted by Crippen LogP contribution is 2.26. The van der Waals surface area contributed by atoms with Crippen molar-refractivity contribution < 1.29 is 33.4 Å². The first kappa shape index (κ1) is 34.1. The molecule has 1 fully saturated rings. The molecule has 46 heavy (non-hydrogen) atoms. The van der Waals surface area contributed by atoms with Crippen LogP contribution in [0.2, 0.25) is 0 Å². The molecular formula is C33H42N6O7. The van der Waals surface area contributed by atoms with Gasteiger partial charge in [0.25, 0.3) is 5.91 Å². The second-order valence-electron chi connectivity index (χ2n) is 12.0. The number of nitrogens with zero attached hydrogens (tertiary/aromatic N) is 2. The van der Waals surface area contributed by atoms with Crippen LogP contribution in [-0.2, 0) is 19.1 Å². The first-order valence-electron chi connectivity index (χ1n) is 15.4. The van der Waals surface area contributed by atoms with Crippen molar-refractivity contribution in [3.63, 3.8) is 0 Å². The van der Waals surface area contributed by atoms with Crippen LogP contribution in [0, 0.1) is 32.6 Å². The zero-order valence-corrected chi connectivity index (χ0v) is 27.1. The van der Waals surface area contributed by atoms with Crippen LogP contribution in [0.5, 0.6) is 5.75 Å². The lowest BCUT2D eigenvalue weighted by atomic mass is 9.90. The minimum Gasteiger partial charge on any atom is -0.496 e. The van der Waals surface area contributed by atoms with Gasteiger partial charge in [-0.25, -0.2) is 14.8 Å². The Balaban J connectivity index is 1.51. The number of nitrogens with one attached hydrogen (secondary N) is 4. The Morgan fingerprint density at radius 1 is 1.04 bits per heavy atom. The van der Waals surface area contributed by atoms with Gasteiger partial charge in [0.05, 0.1) is 24.5 Å². The fraction of sp³-hybridized carbons (Fsp3) is 0.485. The average molecular weight is 635 g/mol. The predicted molar refractivity (Wildman–Crippen MR) is 169 cm³/mol. The number of H-pyrrole nitrogens is 1. The van der Waals surface area contributed by atoms with Crippen LogP contribution in [0.25, 0.3) is 10.9 Å². The van der Waals surface area contributed by atoms with Gasteiger partial charge in [-0.3, -0.25) is 19.2 Å². The van der Waals surface area contributed by atoms with Gasteiger partial charge in [0.2, 0.25) is 11.8 Å². The van der Waals surface area contributed by atoms with Crippen LogP contribution < -0.4 is 20.7 Å². The number of esters is 1. The molecule has 0 aliphatic carbocycles. The van der Waals surface area contributed by atoms with E-state index in [1.54, 1.807) is 46.1 Å². The number of aromatic amines is 1. The summed E-state index contributed by atoms with van der Waals surface area (Å²) < 4.78 is 10.8. The van der Waals surface area contributed by atoms with Crippen molar-refractivity contribution in [3.05, 3.63) is 52.7 Å². The highest BCUT2D eigenvalue weighted by molar-refractivity contribution is 6.02. The van der Waals surface area contributed by atoms with Crippen LogP contribution in [0.4, 0.5) is 0 Å². The molecule has 1 aliphatic heterocycles. The number of ether oxygens (including phenoxy) is 2. The van der Waals surface area contributed by atoms with Crippen molar-refractivity contribution in [2.75, 3.05) is 20.3 Å². The summed E-state index contributed by atoms with van der Waals surface area (Å²) in [5, 5.41) is 9.07. The Morgan fingerprint density at radius 2 is 1.76 bits per heavy atom. The lowest BCUT2D eigenvalue weighted by molar-refractivity contribution is -0.133. The predicted octanol–water partition coefficient (Wildman–Crippen LogP) is 2.86. The number of Topliss-reactive ketones (excluding diaryl/α,β-unsaturated/α-hetero) is 1. The summed E-state index contributed by atoms with van der Waals surface area (Å²) in [6.07, 6.45) is 1.57. The number of hydrogen-bond acceptors (Lipinski definition) is 9. The lowest BCUT2D eigenvalue weighted by Gasteiger charge is -2.28. The number of rotatable bonds is 13. The lowest BCUT2D eigenvalue weighted by Crippen LogP contribution is -2.54. The molecular weight excluding hydrogens is 592 g/mol. The summed E-state index contributed by atoms with van der Waals surface area (Å²) in [6.45, 7) is 8.74. The van der Waals surface area contributed by atoms with Crippen molar-refractivity contribution in [1.29, 1.82) is 0 Å². The third-order valence-corrected chi connectivity index (χ3v) is 7.97. The van der Waals surface area contributed by atoms with E-state index in [1.165, 1.54) is 0 Å². The zero-order chi connectivity index (χ0) is 33.5. The van der Waals surface area contributed by atoms with Crippen LogP contribution >= 0.6 is 0 Å². The molecule has 1 saturated heterocycles. The van der Waals surface area contributed by atoms with Crippen LogP contribution in [0.1, 0.15) is 77.6 Å². The molecule has 3 heterocycles. The monoisotopic (exact) mass is 634 g/mol. The largest absolute Gasteiger partial charge is 0.496 e. The third-order valence-electron chi connectivity index (χ3n) is 7.97. The fourth-order valence-electron chi connectivity index (χ4n) is 5.74. The Labute approximate surface area is 267 Å². The van der Waals surface area contributed by atoms with E-state index in [4.69, 9.17) is 9.47 Å². The number of aryl methyl sites for hydroxylation is 3. The summed E-state index contributed by atoms with van der Waals surface area (Å²) in [7, 11) is 1.54. The Morgan fingerprint density at radius 3 is 2.41 bits per heavy atom. The second-order valence-corrected chi connectivity index (χ2v) is 12.0. The van der Waals surface area contributed by atoms with Crippen molar-refractivity contribution in [1.82, 2.24) is 30.9 Å². The van der Waals surface area contributed by atoms with E-state index < -0.39 is 48.2 Å². The molecule has 0 spiro atoms. The number of ketones is 1. The van der Waals surface area contributed by atoms with E-state index in [9.17, 15) is 24.0 Å². The number of carbonyl (C=O) groups excluding carboxylic acids is 5. The molecule has 2 aromatic heterocycles. The zero-order valence-electron chi connectivity index (χ0n) is 27.1. The molecule has 0 saturated carbocycles. The molecule has 3 atom stereocenters. The minimum atomic E-state index is -1.14. The summed E-state index contributed by atoms with van der Waals surface area (Å²) in [6, 6.07) is 4.91. The Bertz CT molecular complexity index is 1610. The standard InChI is InChI=1S/C33H42N6O7/c1-17(2)13-25(39-32(43)26-15-22-23(37-26)10-7-11-28(22)45-6)31(42)38-24(14-21-9-8-12-34-30(21)41)27(40)16-46-33(44)29-18(3)35-20(5)36-19(29)4/h7,10-11,15,17,21,24-25,37H,8-9,12-14,16H2,1-6H3,(H,34,41)(H,38,42)(H,39,43)/t21?,24?,25-/m0/s1. The molecule has 13 nitrogen and oxygen atoms in total.